The average molecular weight is 202 g/mol. The maximum atomic E-state index is 12.5. The van der Waals surface area contributed by atoms with Crippen LogP contribution in [-0.2, 0) is 13.2 Å². The number of pyridine rings is 1. The summed E-state index contributed by atoms with van der Waals surface area (Å²) in [6.45, 7) is 1.35. The molecule has 5 heteroatoms. The number of aliphatic hydroxyl groups excluding tert-OH is 1. The Morgan fingerprint density at radius 3 is 2.57 bits per heavy atom. The van der Waals surface area contributed by atoms with Gasteiger partial charge in [0.2, 0.25) is 0 Å². The van der Waals surface area contributed by atoms with Crippen molar-refractivity contribution in [1.29, 1.82) is 0 Å². The first kappa shape index (κ1) is 11.0. The Morgan fingerprint density at radius 2 is 2.14 bits per heavy atom. The lowest BCUT2D eigenvalue weighted by Crippen LogP contribution is -2.09. The molecule has 0 saturated carbocycles. The van der Waals surface area contributed by atoms with Crippen molar-refractivity contribution in [2.24, 2.45) is 5.73 Å². The molecule has 1 aromatic rings. The van der Waals surface area contributed by atoms with E-state index in [4.69, 9.17) is 10.8 Å². The fourth-order valence-corrected chi connectivity index (χ4v) is 1.36. The predicted molar refractivity (Wildman–Crippen MR) is 47.7 cm³/mol. The fourth-order valence-electron chi connectivity index (χ4n) is 1.36. The molecule has 0 atom stereocenters. The highest BCUT2D eigenvalue weighted by Gasteiger charge is 2.17. The lowest BCUT2D eigenvalue weighted by molar-refractivity contribution is 0.146. The smallest absolute Gasteiger partial charge is 0.265 e. The molecule has 0 fully saturated rings. The molecule has 0 aliphatic rings. The van der Waals surface area contributed by atoms with Crippen LogP contribution in [0.25, 0.3) is 0 Å². The molecule has 14 heavy (non-hydrogen) atoms. The summed E-state index contributed by atoms with van der Waals surface area (Å²) < 4.78 is 24.9. The highest BCUT2D eigenvalue weighted by Crippen LogP contribution is 2.25. The normalized spacial score (nSPS) is 11.0. The van der Waals surface area contributed by atoms with Crippen molar-refractivity contribution in [3.63, 3.8) is 0 Å². The lowest BCUT2D eigenvalue weighted by Gasteiger charge is -2.12. The third kappa shape index (κ3) is 1.88. The molecule has 0 aliphatic heterocycles. The number of hydrogen-bond acceptors (Lipinski definition) is 3. The van der Waals surface area contributed by atoms with Crippen molar-refractivity contribution in [1.82, 2.24) is 4.98 Å². The zero-order chi connectivity index (χ0) is 10.7. The first-order valence-corrected chi connectivity index (χ1v) is 4.18. The maximum absolute atomic E-state index is 12.5. The van der Waals surface area contributed by atoms with Crippen molar-refractivity contribution in [2.75, 3.05) is 0 Å². The molecule has 3 N–H and O–H groups in total. The van der Waals surface area contributed by atoms with Crippen LogP contribution in [0.2, 0.25) is 0 Å². The topological polar surface area (TPSA) is 59.1 Å². The Kier molecular flexibility index (Phi) is 3.49. The van der Waals surface area contributed by atoms with E-state index < -0.39 is 13.0 Å². The van der Waals surface area contributed by atoms with E-state index in [1.165, 1.54) is 0 Å². The summed E-state index contributed by atoms with van der Waals surface area (Å²) in [5.74, 6) is 0. The van der Waals surface area contributed by atoms with Gasteiger partial charge >= 0.3 is 0 Å². The molecule has 0 unspecified atom stereocenters. The summed E-state index contributed by atoms with van der Waals surface area (Å²) in [5.41, 5.74) is 6.46. The zero-order valence-corrected chi connectivity index (χ0v) is 7.80. The van der Waals surface area contributed by atoms with E-state index in [9.17, 15) is 8.78 Å². The minimum atomic E-state index is -2.63. The van der Waals surface area contributed by atoms with Gasteiger partial charge in [0.05, 0.1) is 6.61 Å². The molecule has 1 aromatic heterocycles. The SMILES string of the molecule is Cc1ncc(C(F)F)c(CO)c1CN. The van der Waals surface area contributed by atoms with Gasteiger partial charge in [0, 0.05) is 24.0 Å². The molecule has 3 nitrogen and oxygen atoms in total. The van der Waals surface area contributed by atoms with Gasteiger partial charge in [-0.3, -0.25) is 4.98 Å². The van der Waals surface area contributed by atoms with Crippen molar-refractivity contribution in [3.05, 3.63) is 28.6 Å². The second-order valence-electron chi connectivity index (χ2n) is 2.92. The van der Waals surface area contributed by atoms with Crippen LogP contribution < -0.4 is 5.73 Å². The van der Waals surface area contributed by atoms with Crippen LogP contribution in [0.5, 0.6) is 0 Å². The van der Waals surface area contributed by atoms with Crippen LogP contribution in [0.4, 0.5) is 8.78 Å². The molecule has 1 heterocycles. The molecule has 0 bridgehead atoms. The summed E-state index contributed by atoms with van der Waals surface area (Å²) in [4.78, 5) is 3.81. The van der Waals surface area contributed by atoms with Crippen molar-refractivity contribution >= 4 is 0 Å². The summed E-state index contributed by atoms with van der Waals surface area (Å²) in [6, 6.07) is 0. The number of aromatic nitrogens is 1. The van der Waals surface area contributed by atoms with E-state index in [-0.39, 0.29) is 17.7 Å². The number of alkyl halides is 2. The minimum Gasteiger partial charge on any atom is -0.392 e. The van der Waals surface area contributed by atoms with Crippen LogP contribution in [0.3, 0.4) is 0 Å². The second kappa shape index (κ2) is 4.43. The van der Waals surface area contributed by atoms with Crippen molar-refractivity contribution < 1.29 is 13.9 Å². The summed E-state index contributed by atoms with van der Waals surface area (Å²) in [6.07, 6.45) is -1.54. The Labute approximate surface area is 80.6 Å². The van der Waals surface area contributed by atoms with Gasteiger partial charge in [0.15, 0.2) is 0 Å². The van der Waals surface area contributed by atoms with Gasteiger partial charge in [0.1, 0.15) is 0 Å². The number of hydrogen-bond donors (Lipinski definition) is 2. The molecule has 0 aromatic carbocycles. The summed E-state index contributed by atoms with van der Waals surface area (Å²) in [7, 11) is 0. The van der Waals surface area contributed by atoms with E-state index in [0.29, 0.717) is 11.3 Å². The Bertz CT molecular complexity index is 329. The molecule has 0 spiro atoms. The van der Waals surface area contributed by atoms with Crippen LogP contribution in [0.15, 0.2) is 6.20 Å². The van der Waals surface area contributed by atoms with E-state index in [1.807, 2.05) is 0 Å². The predicted octanol–water partition coefficient (Wildman–Crippen LogP) is 1.28. The van der Waals surface area contributed by atoms with Crippen LogP contribution in [0.1, 0.15) is 28.8 Å². The molecule has 0 aliphatic carbocycles. The first-order valence-electron chi connectivity index (χ1n) is 4.18. The van der Waals surface area contributed by atoms with Gasteiger partial charge in [-0.2, -0.15) is 0 Å². The van der Waals surface area contributed by atoms with Gasteiger partial charge in [-0.1, -0.05) is 0 Å². The molecule has 1 rings (SSSR count). The van der Waals surface area contributed by atoms with Gasteiger partial charge in [0.25, 0.3) is 6.43 Å². The highest BCUT2D eigenvalue weighted by atomic mass is 19.3. The Balaban J connectivity index is 3.33. The van der Waals surface area contributed by atoms with E-state index >= 15 is 0 Å². The van der Waals surface area contributed by atoms with Crippen LogP contribution in [0, 0.1) is 6.92 Å². The third-order valence-corrected chi connectivity index (χ3v) is 2.14. The quantitative estimate of drug-likeness (QED) is 0.776. The number of rotatable bonds is 3. The molecule has 0 saturated heterocycles. The van der Waals surface area contributed by atoms with Gasteiger partial charge in [-0.25, -0.2) is 8.78 Å². The van der Waals surface area contributed by atoms with Crippen LogP contribution >= 0.6 is 0 Å². The van der Waals surface area contributed by atoms with Crippen molar-refractivity contribution in [2.45, 2.75) is 26.5 Å². The molecule has 78 valence electrons. The molecule has 0 amide bonds. The largest absolute Gasteiger partial charge is 0.392 e. The first-order chi connectivity index (χ1) is 6.61. The highest BCUT2D eigenvalue weighted by molar-refractivity contribution is 5.36. The van der Waals surface area contributed by atoms with E-state index in [0.717, 1.165) is 6.20 Å². The number of halogens is 2. The van der Waals surface area contributed by atoms with Gasteiger partial charge in [-0.15, -0.1) is 0 Å². The standard InChI is InChI=1S/C9H12F2N2O/c1-5-6(2-12)8(4-14)7(3-13-5)9(10)11/h3,9,14H,2,4,12H2,1H3. The Hall–Kier alpha value is -1.07. The maximum Gasteiger partial charge on any atom is 0.265 e. The summed E-state index contributed by atoms with van der Waals surface area (Å²) in [5, 5.41) is 8.99. The second-order valence-corrected chi connectivity index (χ2v) is 2.92. The lowest BCUT2D eigenvalue weighted by atomic mass is 10.0. The monoisotopic (exact) mass is 202 g/mol. The van der Waals surface area contributed by atoms with Gasteiger partial charge < -0.3 is 10.8 Å². The number of aliphatic hydroxyl groups is 1. The van der Waals surface area contributed by atoms with E-state index in [2.05, 4.69) is 4.98 Å². The molecular weight excluding hydrogens is 190 g/mol. The third-order valence-electron chi connectivity index (χ3n) is 2.14. The van der Waals surface area contributed by atoms with Crippen molar-refractivity contribution in [3.8, 4) is 0 Å². The number of nitrogens with zero attached hydrogens (tertiary/aromatic N) is 1. The fraction of sp³-hybridized carbons (Fsp3) is 0.444. The Morgan fingerprint density at radius 1 is 1.50 bits per heavy atom. The van der Waals surface area contributed by atoms with Gasteiger partial charge in [-0.05, 0) is 18.1 Å². The average Bonchev–Trinajstić information content (AvgIpc) is 2.16. The minimum absolute atomic E-state index is 0.106. The van der Waals surface area contributed by atoms with Crippen LogP contribution in [-0.4, -0.2) is 10.1 Å². The zero-order valence-electron chi connectivity index (χ0n) is 7.80. The molecular formula is C9H12F2N2O. The number of aryl methyl sites for hydroxylation is 1. The summed E-state index contributed by atoms with van der Waals surface area (Å²) >= 11 is 0. The molecule has 0 radical (unpaired) electrons. The van der Waals surface area contributed by atoms with E-state index in [1.54, 1.807) is 6.92 Å². The number of nitrogens with two attached hydrogens (primary N) is 1.